The molecule has 0 fully saturated rings. The van der Waals surface area contributed by atoms with E-state index in [1.54, 1.807) is 19.4 Å². The Morgan fingerprint density at radius 2 is 2.11 bits per heavy atom. The molecule has 100 valence electrons. The predicted octanol–water partition coefficient (Wildman–Crippen LogP) is 2.09. The van der Waals surface area contributed by atoms with Crippen LogP contribution < -0.4 is 5.73 Å². The fourth-order valence-electron chi connectivity index (χ4n) is 2.02. The Kier molecular flexibility index (Phi) is 4.49. The Morgan fingerprint density at radius 3 is 2.84 bits per heavy atom. The summed E-state index contributed by atoms with van der Waals surface area (Å²) in [5.74, 6) is 0.470. The van der Waals surface area contributed by atoms with Gasteiger partial charge in [0.05, 0.1) is 12.7 Å². The zero-order valence-electron chi connectivity index (χ0n) is 10.9. The van der Waals surface area contributed by atoms with Crippen LogP contribution in [0.2, 0.25) is 0 Å². The van der Waals surface area contributed by atoms with Crippen LogP contribution >= 0.6 is 0 Å². The molecule has 0 aliphatic rings. The van der Waals surface area contributed by atoms with Gasteiger partial charge in [-0.25, -0.2) is 4.98 Å². The Balaban J connectivity index is 2.11. The van der Waals surface area contributed by atoms with Crippen molar-refractivity contribution in [3.63, 3.8) is 0 Å². The van der Waals surface area contributed by atoms with E-state index in [2.05, 4.69) is 4.98 Å². The molecule has 0 saturated carbocycles. The van der Waals surface area contributed by atoms with Gasteiger partial charge in [0.15, 0.2) is 0 Å². The highest BCUT2D eigenvalue weighted by Gasteiger charge is 2.09. The minimum atomic E-state index is -0.557. The van der Waals surface area contributed by atoms with Gasteiger partial charge in [0.25, 0.3) is 0 Å². The number of ether oxygens (including phenoxy) is 1. The van der Waals surface area contributed by atoms with Gasteiger partial charge in [-0.15, -0.1) is 0 Å². The normalized spacial score (nSPS) is 12.3. The van der Waals surface area contributed by atoms with E-state index >= 15 is 0 Å². The van der Waals surface area contributed by atoms with Crippen LogP contribution in [-0.4, -0.2) is 17.2 Å². The molecular weight excluding hydrogens is 240 g/mol. The molecule has 0 aliphatic carbocycles. The summed E-state index contributed by atoms with van der Waals surface area (Å²) < 4.78 is 5.09. The maximum absolute atomic E-state index is 10.3. The average Bonchev–Trinajstić information content (AvgIpc) is 2.39. The molecule has 0 spiro atoms. The summed E-state index contributed by atoms with van der Waals surface area (Å²) >= 11 is 0. The van der Waals surface area contributed by atoms with Crippen LogP contribution in [0.3, 0.4) is 0 Å². The summed E-state index contributed by atoms with van der Waals surface area (Å²) in [7, 11) is 1.66. The highest BCUT2D eigenvalue weighted by atomic mass is 16.5. The van der Waals surface area contributed by atoms with Crippen molar-refractivity contribution in [2.75, 3.05) is 12.8 Å². The molecule has 4 heteroatoms. The lowest BCUT2D eigenvalue weighted by atomic mass is 10.0. The number of benzene rings is 1. The first-order valence-corrected chi connectivity index (χ1v) is 6.15. The number of pyridine rings is 1. The summed E-state index contributed by atoms with van der Waals surface area (Å²) in [5.41, 5.74) is 8.53. The summed E-state index contributed by atoms with van der Waals surface area (Å²) in [4.78, 5) is 3.94. The smallest absolute Gasteiger partial charge is 0.123 e. The van der Waals surface area contributed by atoms with Crippen molar-refractivity contribution in [2.45, 2.75) is 19.1 Å². The summed E-state index contributed by atoms with van der Waals surface area (Å²) in [6.07, 6.45) is 1.61. The first-order chi connectivity index (χ1) is 9.19. The topological polar surface area (TPSA) is 68.4 Å². The van der Waals surface area contributed by atoms with Gasteiger partial charge in [0.2, 0.25) is 0 Å². The van der Waals surface area contributed by atoms with Crippen molar-refractivity contribution in [3.05, 3.63) is 59.3 Å². The number of nitrogens with two attached hydrogens (primary N) is 1. The van der Waals surface area contributed by atoms with Crippen molar-refractivity contribution >= 4 is 5.82 Å². The molecule has 3 N–H and O–H groups in total. The number of nitrogen functional groups attached to an aromatic ring is 1. The van der Waals surface area contributed by atoms with Crippen molar-refractivity contribution < 1.29 is 9.84 Å². The quantitative estimate of drug-likeness (QED) is 0.861. The lowest BCUT2D eigenvalue weighted by Gasteiger charge is -2.12. The molecule has 1 aromatic carbocycles. The molecule has 0 saturated heterocycles. The van der Waals surface area contributed by atoms with E-state index in [0.717, 1.165) is 16.7 Å². The number of anilines is 1. The molecule has 2 aromatic rings. The molecule has 1 unspecified atom stereocenters. The molecule has 2 rings (SSSR count). The zero-order valence-corrected chi connectivity index (χ0v) is 10.9. The first kappa shape index (κ1) is 13.5. The van der Waals surface area contributed by atoms with Crippen LogP contribution in [0, 0.1) is 0 Å². The van der Waals surface area contributed by atoms with E-state index in [1.165, 1.54) is 0 Å². The number of nitrogens with zero attached hydrogens (tertiary/aromatic N) is 1. The number of rotatable bonds is 5. The Bertz CT molecular complexity index is 543. The number of hydrogen-bond acceptors (Lipinski definition) is 4. The van der Waals surface area contributed by atoms with E-state index in [1.807, 2.05) is 30.3 Å². The second-order valence-electron chi connectivity index (χ2n) is 4.49. The van der Waals surface area contributed by atoms with E-state index in [0.29, 0.717) is 18.8 Å². The number of aliphatic hydroxyl groups is 1. The minimum absolute atomic E-state index is 0.470. The van der Waals surface area contributed by atoms with Gasteiger partial charge in [0, 0.05) is 19.7 Å². The van der Waals surface area contributed by atoms with Gasteiger partial charge in [-0.2, -0.15) is 0 Å². The van der Waals surface area contributed by atoms with Crippen LogP contribution in [0.25, 0.3) is 0 Å². The van der Waals surface area contributed by atoms with Crippen molar-refractivity contribution in [1.82, 2.24) is 4.98 Å². The summed E-state index contributed by atoms with van der Waals surface area (Å²) in [6, 6.07) is 11.4. The van der Waals surface area contributed by atoms with Gasteiger partial charge in [0.1, 0.15) is 5.82 Å². The van der Waals surface area contributed by atoms with Gasteiger partial charge in [-0.05, 0) is 28.8 Å². The van der Waals surface area contributed by atoms with Gasteiger partial charge in [-0.1, -0.05) is 24.3 Å². The maximum atomic E-state index is 10.3. The molecule has 1 atom stereocenters. The second kappa shape index (κ2) is 6.31. The fourth-order valence-corrected chi connectivity index (χ4v) is 2.02. The lowest BCUT2D eigenvalue weighted by Crippen LogP contribution is -2.03. The average molecular weight is 258 g/mol. The van der Waals surface area contributed by atoms with Crippen LogP contribution in [-0.2, 0) is 17.8 Å². The van der Waals surface area contributed by atoms with E-state index in [-0.39, 0.29) is 0 Å². The first-order valence-electron chi connectivity index (χ1n) is 6.15. The van der Waals surface area contributed by atoms with Gasteiger partial charge >= 0.3 is 0 Å². The molecular formula is C15H18N2O2. The molecule has 0 radical (unpaired) electrons. The largest absolute Gasteiger partial charge is 0.388 e. The molecule has 0 bridgehead atoms. The summed E-state index contributed by atoms with van der Waals surface area (Å²) in [5, 5.41) is 10.3. The fraction of sp³-hybridized carbons (Fsp3) is 0.267. The Morgan fingerprint density at radius 1 is 1.26 bits per heavy atom. The maximum Gasteiger partial charge on any atom is 0.123 e. The van der Waals surface area contributed by atoms with E-state index in [4.69, 9.17) is 10.5 Å². The van der Waals surface area contributed by atoms with E-state index in [9.17, 15) is 5.11 Å². The van der Waals surface area contributed by atoms with Crippen molar-refractivity contribution in [2.24, 2.45) is 0 Å². The molecule has 1 heterocycles. The molecule has 19 heavy (non-hydrogen) atoms. The van der Waals surface area contributed by atoms with E-state index < -0.39 is 6.10 Å². The number of aromatic nitrogens is 1. The Hall–Kier alpha value is -1.91. The third-order valence-electron chi connectivity index (χ3n) is 2.92. The molecule has 0 amide bonds. The monoisotopic (exact) mass is 258 g/mol. The van der Waals surface area contributed by atoms with Crippen LogP contribution in [0.15, 0.2) is 42.6 Å². The third kappa shape index (κ3) is 3.77. The lowest BCUT2D eigenvalue weighted by molar-refractivity contribution is 0.175. The van der Waals surface area contributed by atoms with Gasteiger partial charge in [-0.3, -0.25) is 0 Å². The van der Waals surface area contributed by atoms with Crippen LogP contribution in [0.4, 0.5) is 5.82 Å². The molecule has 1 aromatic heterocycles. The third-order valence-corrected chi connectivity index (χ3v) is 2.92. The molecule has 4 nitrogen and oxygen atoms in total. The highest BCUT2D eigenvalue weighted by Crippen LogP contribution is 2.20. The second-order valence-corrected chi connectivity index (χ2v) is 4.49. The predicted molar refractivity (Wildman–Crippen MR) is 74.5 cm³/mol. The van der Waals surface area contributed by atoms with Gasteiger partial charge < -0.3 is 15.6 Å². The number of methoxy groups -OCH3 is 1. The summed E-state index contributed by atoms with van der Waals surface area (Å²) in [6.45, 7) is 0.544. The SMILES string of the molecule is COCc1cccc(C(O)Cc2ccnc(N)c2)c1. The number of hydrogen-bond donors (Lipinski definition) is 2. The zero-order chi connectivity index (χ0) is 13.7. The molecule has 0 aliphatic heterocycles. The van der Waals surface area contributed by atoms with Crippen molar-refractivity contribution in [1.29, 1.82) is 0 Å². The highest BCUT2D eigenvalue weighted by molar-refractivity contribution is 5.33. The van der Waals surface area contributed by atoms with Crippen LogP contribution in [0.5, 0.6) is 0 Å². The van der Waals surface area contributed by atoms with Crippen molar-refractivity contribution in [3.8, 4) is 0 Å². The van der Waals surface area contributed by atoms with Crippen LogP contribution in [0.1, 0.15) is 22.8 Å². The standard InChI is InChI=1S/C15H18N2O2/c1-19-10-12-3-2-4-13(7-12)14(18)8-11-5-6-17-15(16)9-11/h2-7,9,14,18H,8,10H2,1H3,(H2,16,17). The minimum Gasteiger partial charge on any atom is -0.388 e. The number of aliphatic hydroxyl groups excluding tert-OH is 1. The Labute approximate surface area is 112 Å².